The van der Waals surface area contributed by atoms with Gasteiger partial charge >= 0.3 is 6.09 Å². The van der Waals surface area contributed by atoms with Crippen molar-refractivity contribution in [1.82, 2.24) is 10.3 Å². The van der Waals surface area contributed by atoms with Crippen LogP contribution in [0.3, 0.4) is 0 Å². The first-order valence-corrected chi connectivity index (χ1v) is 7.51. The number of pyridine rings is 1. The van der Waals surface area contributed by atoms with Crippen LogP contribution in [0.1, 0.15) is 39.2 Å². The molecule has 5 nitrogen and oxygen atoms in total. The predicted molar refractivity (Wildman–Crippen MR) is 83.6 cm³/mol. The summed E-state index contributed by atoms with van der Waals surface area (Å²) in [6.45, 7) is 9.23. The van der Waals surface area contributed by atoms with Gasteiger partial charge in [-0.25, -0.2) is 9.78 Å². The third kappa shape index (κ3) is 4.62. The highest BCUT2D eigenvalue weighted by atomic mass is 16.6. The van der Waals surface area contributed by atoms with E-state index in [2.05, 4.69) is 28.2 Å². The van der Waals surface area contributed by atoms with Gasteiger partial charge in [0.05, 0.1) is 0 Å². The molecule has 0 unspecified atom stereocenters. The highest BCUT2D eigenvalue weighted by Gasteiger charge is 2.26. The van der Waals surface area contributed by atoms with E-state index in [0.29, 0.717) is 6.54 Å². The topological polar surface area (TPSA) is 54.5 Å². The first kappa shape index (κ1) is 15.6. The summed E-state index contributed by atoms with van der Waals surface area (Å²) < 4.78 is 5.27. The minimum Gasteiger partial charge on any atom is -0.444 e. The molecule has 0 radical (unpaired) electrons. The van der Waals surface area contributed by atoms with E-state index in [0.717, 1.165) is 25.2 Å². The summed E-state index contributed by atoms with van der Waals surface area (Å²) in [5, 5.41) is 2.86. The maximum atomic E-state index is 11.7. The van der Waals surface area contributed by atoms with Gasteiger partial charge in [-0.3, -0.25) is 0 Å². The Labute approximate surface area is 126 Å². The molecule has 1 aromatic heterocycles. The molecule has 1 aliphatic heterocycles. The fraction of sp³-hybridized carbons (Fsp3) is 0.625. The highest BCUT2D eigenvalue weighted by Crippen LogP contribution is 2.23. The number of nitrogens with zero attached hydrogens (tertiary/aromatic N) is 2. The van der Waals surface area contributed by atoms with Crippen molar-refractivity contribution in [2.75, 3.05) is 18.0 Å². The molecule has 5 heteroatoms. The van der Waals surface area contributed by atoms with Crippen LogP contribution in [0.2, 0.25) is 0 Å². The summed E-state index contributed by atoms with van der Waals surface area (Å²) >= 11 is 0. The van der Waals surface area contributed by atoms with Crippen molar-refractivity contribution in [1.29, 1.82) is 0 Å². The van der Waals surface area contributed by atoms with Gasteiger partial charge in [0.2, 0.25) is 0 Å². The zero-order valence-electron chi connectivity index (χ0n) is 13.3. The fourth-order valence-corrected chi connectivity index (χ4v) is 2.54. The van der Waals surface area contributed by atoms with Crippen LogP contribution in [0.5, 0.6) is 0 Å². The SMILES string of the molecule is Cc1ccnc(N2CCC[C@H]2CNC(=O)OC(C)(C)C)c1. The Kier molecular flexibility index (Phi) is 4.70. The van der Waals surface area contributed by atoms with E-state index >= 15 is 0 Å². The minimum absolute atomic E-state index is 0.284. The molecule has 1 aromatic rings. The number of rotatable bonds is 3. The standard InChI is InChI=1S/C16H25N3O2/c1-12-7-8-17-14(10-12)19-9-5-6-13(19)11-18-15(20)21-16(2,3)4/h7-8,10,13H,5-6,9,11H2,1-4H3,(H,18,20)/t13-/m0/s1. The van der Waals surface area contributed by atoms with Crippen molar-refractivity contribution in [3.8, 4) is 0 Å². The van der Waals surface area contributed by atoms with Gasteiger partial charge in [-0.2, -0.15) is 0 Å². The van der Waals surface area contributed by atoms with Crippen LogP contribution < -0.4 is 10.2 Å². The first-order chi connectivity index (χ1) is 9.85. The maximum absolute atomic E-state index is 11.7. The van der Waals surface area contributed by atoms with Crippen molar-refractivity contribution >= 4 is 11.9 Å². The molecular weight excluding hydrogens is 266 g/mol. The predicted octanol–water partition coefficient (Wildman–Crippen LogP) is 2.88. The lowest BCUT2D eigenvalue weighted by Gasteiger charge is -2.27. The molecule has 2 heterocycles. The molecule has 0 bridgehead atoms. The van der Waals surface area contributed by atoms with E-state index in [1.165, 1.54) is 5.56 Å². The van der Waals surface area contributed by atoms with Gasteiger partial charge in [0, 0.05) is 25.3 Å². The van der Waals surface area contributed by atoms with Crippen LogP contribution >= 0.6 is 0 Å². The third-order valence-electron chi connectivity index (χ3n) is 3.45. The number of carbonyl (C=O) groups excluding carboxylic acids is 1. The number of aryl methyl sites for hydroxylation is 1. The van der Waals surface area contributed by atoms with Gasteiger partial charge < -0.3 is 15.0 Å². The Balaban J connectivity index is 1.92. The average Bonchev–Trinajstić information content (AvgIpc) is 2.82. The molecule has 1 aliphatic rings. The smallest absolute Gasteiger partial charge is 0.407 e. The molecule has 1 atom stereocenters. The molecule has 0 aliphatic carbocycles. The molecule has 116 valence electrons. The summed E-state index contributed by atoms with van der Waals surface area (Å²) in [4.78, 5) is 18.5. The van der Waals surface area contributed by atoms with E-state index in [9.17, 15) is 4.79 Å². The van der Waals surface area contributed by atoms with Gasteiger partial charge in [0.15, 0.2) is 0 Å². The van der Waals surface area contributed by atoms with Gasteiger partial charge in [-0.1, -0.05) is 0 Å². The summed E-state index contributed by atoms with van der Waals surface area (Å²) in [5.74, 6) is 0.989. The van der Waals surface area contributed by atoms with Gasteiger partial charge in [0.25, 0.3) is 0 Å². The summed E-state index contributed by atoms with van der Waals surface area (Å²) in [7, 11) is 0. The Morgan fingerprint density at radius 1 is 1.52 bits per heavy atom. The van der Waals surface area contributed by atoms with Crippen LogP contribution in [0, 0.1) is 6.92 Å². The Bertz CT molecular complexity index is 497. The maximum Gasteiger partial charge on any atom is 0.407 e. The van der Waals surface area contributed by atoms with Crippen molar-refractivity contribution in [3.05, 3.63) is 23.9 Å². The quantitative estimate of drug-likeness (QED) is 0.930. The van der Waals surface area contributed by atoms with Crippen molar-refractivity contribution in [3.63, 3.8) is 0 Å². The fourth-order valence-electron chi connectivity index (χ4n) is 2.54. The van der Waals surface area contributed by atoms with Gasteiger partial charge in [0.1, 0.15) is 11.4 Å². The molecule has 21 heavy (non-hydrogen) atoms. The average molecular weight is 291 g/mol. The number of amides is 1. The lowest BCUT2D eigenvalue weighted by Crippen LogP contribution is -2.42. The van der Waals surface area contributed by atoms with Gasteiger partial charge in [-0.05, 0) is 58.2 Å². The van der Waals surface area contributed by atoms with Crippen LogP contribution in [0.4, 0.5) is 10.6 Å². The lowest BCUT2D eigenvalue weighted by molar-refractivity contribution is 0.0525. The van der Waals surface area contributed by atoms with Crippen molar-refractivity contribution < 1.29 is 9.53 Å². The molecule has 2 rings (SSSR count). The van der Waals surface area contributed by atoms with Crippen LogP contribution in [0.25, 0.3) is 0 Å². The third-order valence-corrected chi connectivity index (χ3v) is 3.45. The van der Waals surface area contributed by atoms with Gasteiger partial charge in [-0.15, -0.1) is 0 Å². The number of carbonyl (C=O) groups is 1. The second kappa shape index (κ2) is 6.33. The van der Waals surface area contributed by atoms with Crippen LogP contribution in [-0.2, 0) is 4.74 Å². The molecule has 0 saturated carbocycles. The summed E-state index contributed by atoms with van der Waals surface area (Å²) in [5.41, 5.74) is 0.739. The highest BCUT2D eigenvalue weighted by molar-refractivity contribution is 5.67. The van der Waals surface area contributed by atoms with Crippen LogP contribution in [-0.4, -0.2) is 35.8 Å². The monoisotopic (exact) mass is 291 g/mol. The molecule has 1 saturated heterocycles. The van der Waals surface area contributed by atoms with E-state index in [-0.39, 0.29) is 12.1 Å². The molecular formula is C16H25N3O2. The van der Waals surface area contributed by atoms with E-state index in [4.69, 9.17) is 4.74 Å². The summed E-state index contributed by atoms with van der Waals surface area (Å²) in [6, 6.07) is 4.37. The van der Waals surface area contributed by atoms with Crippen molar-refractivity contribution in [2.45, 2.75) is 52.2 Å². The zero-order chi connectivity index (χ0) is 15.5. The van der Waals surface area contributed by atoms with E-state index < -0.39 is 5.60 Å². The summed E-state index contributed by atoms with van der Waals surface area (Å²) in [6.07, 6.45) is 3.66. The molecule has 0 spiro atoms. The Hall–Kier alpha value is -1.78. The Morgan fingerprint density at radius 3 is 2.95 bits per heavy atom. The molecule has 1 amide bonds. The second-order valence-electron chi connectivity index (χ2n) is 6.56. The van der Waals surface area contributed by atoms with Crippen molar-refractivity contribution in [2.24, 2.45) is 0 Å². The number of hydrogen-bond donors (Lipinski definition) is 1. The number of aromatic nitrogens is 1. The van der Waals surface area contributed by atoms with Crippen LogP contribution in [0.15, 0.2) is 18.3 Å². The number of alkyl carbamates (subject to hydrolysis) is 1. The number of anilines is 1. The largest absolute Gasteiger partial charge is 0.444 e. The number of hydrogen-bond acceptors (Lipinski definition) is 4. The Morgan fingerprint density at radius 2 is 2.29 bits per heavy atom. The number of ether oxygens (including phenoxy) is 1. The molecule has 1 N–H and O–H groups in total. The first-order valence-electron chi connectivity index (χ1n) is 7.51. The number of nitrogens with one attached hydrogen (secondary N) is 1. The van der Waals surface area contributed by atoms with E-state index in [1.807, 2.05) is 33.0 Å². The second-order valence-corrected chi connectivity index (χ2v) is 6.56. The zero-order valence-corrected chi connectivity index (χ0v) is 13.3. The molecule has 1 fully saturated rings. The minimum atomic E-state index is -0.461. The lowest BCUT2D eigenvalue weighted by atomic mass is 10.2. The normalized spacial score (nSPS) is 18.7. The molecule has 0 aromatic carbocycles. The van der Waals surface area contributed by atoms with E-state index in [1.54, 1.807) is 0 Å².